The van der Waals surface area contributed by atoms with Crippen molar-refractivity contribution in [2.75, 3.05) is 11.4 Å². The molecule has 1 heterocycles. The number of aryl methyl sites for hydroxylation is 1. The van der Waals surface area contributed by atoms with Gasteiger partial charge in [-0.3, -0.25) is 9.59 Å². The first-order chi connectivity index (χ1) is 11.9. The molecule has 0 fully saturated rings. The molecule has 0 bridgehead atoms. The summed E-state index contributed by atoms with van der Waals surface area (Å²) in [7, 11) is 0. The highest BCUT2D eigenvalue weighted by atomic mass is 79.9. The Balaban J connectivity index is 1.99. The molecule has 1 aliphatic heterocycles. The van der Waals surface area contributed by atoms with Crippen LogP contribution in [0, 0.1) is 6.92 Å². The van der Waals surface area contributed by atoms with Crippen LogP contribution in [-0.4, -0.2) is 23.3 Å². The van der Waals surface area contributed by atoms with Gasteiger partial charge in [0.1, 0.15) is 0 Å². The molecule has 5 heteroatoms. The molecule has 2 aromatic rings. The first-order valence-electron chi connectivity index (χ1n) is 8.31. The largest absolute Gasteiger partial charge is 0.375 e. The number of nitrogens with zero attached hydrogens (tertiary/aromatic N) is 1. The zero-order valence-corrected chi connectivity index (χ0v) is 15.8. The first kappa shape index (κ1) is 17.8. The van der Waals surface area contributed by atoms with Crippen LogP contribution in [0.5, 0.6) is 0 Å². The fourth-order valence-corrected chi connectivity index (χ4v) is 3.57. The van der Waals surface area contributed by atoms with Crippen LogP contribution >= 0.6 is 15.9 Å². The Morgan fingerprint density at radius 2 is 1.88 bits per heavy atom. The van der Waals surface area contributed by atoms with Crippen molar-refractivity contribution in [3.63, 3.8) is 0 Å². The molecule has 1 unspecified atom stereocenters. The van der Waals surface area contributed by atoms with Crippen LogP contribution < -0.4 is 4.90 Å². The van der Waals surface area contributed by atoms with E-state index in [9.17, 15) is 14.7 Å². The van der Waals surface area contributed by atoms with Crippen LogP contribution in [-0.2, 0) is 10.4 Å². The Labute approximate surface area is 155 Å². The number of carbonyl (C=O) groups is 2. The van der Waals surface area contributed by atoms with Gasteiger partial charge in [0.15, 0.2) is 11.4 Å². The lowest BCUT2D eigenvalue weighted by atomic mass is 9.88. The third-order valence-corrected chi connectivity index (χ3v) is 5.02. The van der Waals surface area contributed by atoms with Crippen LogP contribution in [0.2, 0.25) is 0 Å². The van der Waals surface area contributed by atoms with E-state index >= 15 is 0 Å². The number of Topliss-reactive ketones (excluding diaryl/α,β-unsaturated/α-hetero) is 1. The minimum Gasteiger partial charge on any atom is -0.375 e. The van der Waals surface area contributed by atoms with Gasteiger partial charge in [-0.25, -0.2) is 0 Å². The predicted octanol–water partition coefficient (Wildman–Crippen LogP) is 3.97. The summed E-state index contributed by atoms with van der Waals surface area (Å²) in [6, 6.07) is 12.5. The summed E-state index contributed by atoms with van der Waals surface area (Å²) in [5.74, 6) is -0.678. The van der Waals surface area contributed by atoms with E-state index < -0.39 is 11.5 Å². The average Bonchev–Trinajstić information content (AvgIpc) is 2.77. The van der Waals surface area contributed by atoms with Gasteiger partial charge in [0, 0.05) is 22.1 Å². The molecular weight excluding hydrogens is 382 g/mol. The van der Waals surface area contributed by atoms with Gasteiger partial charge in [0.2, 0.25) is 0 Å². The summed E-state index contributed by atoms with van der Waals surface area (Å²) in [4.78, 5) is 27.2. The number of rotatable bonds is 5. The minimum atomic E-state index is -1.82. The van der Waals surface area contributed by atoms with Gasteiger partial charge in [-0.05, 0) is 31.5 Å². The lowest BCUT2D eigenvalue weighted by molar-refractivity contribution is -0.135. The number of halogens is 1. The zero-order chi connectivity index (χ0) is 18.2. The van der Waals surface area contributed by atoms with E-state index in [1.807, 2.05) is 32.0 Å². The molecule has 130 valence electrons. The van der Waals surface area contributed by atoms with Crippen molar-refractivity contribution < 1.29 is 14.7 Å². The summed E-state index contributed by atoms with van der Waals surface area (Å²) in [5, 5.41) is 11.2. The van der Waals surface area contributed by atoms with Gasteiger partial charge in [-0.2, -0.15) is 0 Å². The smallest absolute Gasteiger partial charge is 0.264 e. The molecule has 4 nitrogen and oxygen atoms in total. The van der Waals surface area contributed by atoms with E-state index in [1.165, 1.54) is 0 Å². The van der Waals surface area contributed by atoms with Gasteiger partial charge in [-0.1, -0.05) is 52.7 Å². The van der Waals surface area contributed by atoms with Crippen LogP contribution in [0.25, 0.3) is 0 Å². The Bertz CT molecular complexity index is 831. The number of carbonyl (C=O) groups excluding carboxylic acids is 2. The van der Waals surface area contributed by atoms with Crippen LogP contribution in [0.3, 0.4) is 0 Å². The van der Waals surface area contributed by atoms with Crippen molar-refractivity contribution in [2.45, 2.75) is 32.3 Å². The molecule has 0 aliphatic carbocycles. The van der Waals surface area contributed by atoms with Gasteiger partial charge >= 0.3 is 0 Å². The van der Waals surface area contributed by atoms with E-state index in [-0.39, 0.29) is 12.2 Å². The number of hydrogen-bond acceptors (Lipinski definition) is 3. The molecule has 1 aliphatic rings. The Hall–Kier alpha value is -1.98. The second-order valence-electron chi connectivity index (χ2n) is 6.44. The number of hydrogen-bond donors (Lipinski definition) is 1. The molecule has 3 rings (SSSR count). The summed E-state index contributed by atoms with van der Waals surface area (Å²) < 4.78 is 0.763. The lowest BCUT2D eigenvalue weighted by Gasteiger charge is -2.22. The highest BCUT2D eigenvalue weighted by Gasteiger charge is 2.50. The lowest BCUT2D eigenvalue weighted by Crippen LogP contribution is -2.42. The van der Waals surface area contributed by atoms with Crippen molar-refractivity contribution >= 4 is 33.3 Å². The zero-order valence-electron chi connectivity index (χ0n) is 14.3. The number of aliphatic hydroxyl groups is 1. The molecule has 25 heavy (non-hydrogen) atoms. The highest BCUT2D eigenvalue weighted by molar-refractivity contribution is 9.10. The summed E-state index contributed by atoms with van der Waals surface area (Å²) in [5.41, 5.74) is 0.888. The van der Waals surface area contributed by atoms with Crippen molar-refractivity contribution in [1.82, 2.24) is 0 Å². The Morgan fingerprint density at radius 1 is 1.20 bits per heavy atom. The monoisotopic (exact) mass is 401 g/mol. The molecule has 0 saturated carbocycles. The number of anilines is 1. The van der Waals surface area contributed by atoms with Crippen molar-refractivity contribution in [2.24, 2.45) is 0 Å². The SMILES string of the molecule is CCCN1C(=O)C(O)(CC(=O)c2ccc(C)cc2)c2cc(Br)ccc21. The van der Waals surface area contributed by atoms with Crippen LogP contribution in [0.15, 0.2) is 46.9 Å². The molecule has 1 N–H and O–H groups in total. The molecule has 2 aromatic carbocycles. The highest BCUT2D eigenvalue weighted by Crippen LogP contribution is 2.44. The number of ketones is 1. The van der Waals surface area contributed by atoms with Gasteiger partial charge in [-0.15, -0.1) is 0 Å². The van der Waals surface area contributed by atoms with E-state index in [1.54, 1.807) is 29.2 Å². The fourth-order valence-electron chi connectivity index (χ4n) is 3.21. The maximum Gasteiger partial charge on any atom is 0.264 e. The van der Waals surface area contributed by atoms with Crippen LogP contribution in [0.1, 0.15) is 41.3 Å². The minimum absolute atomic E-state index is 0.250. The van der Waals surface area contributed by atoms with Gasteiger partial charge in [0.05, 0.1) is 12.1 Å². The van der Waals surface area contributed by atoms with E-state index in [2.05, 4.69) is 15.9 Å². The normalized spacial score (nSPS) is 19.2. The first-order valence-corrected chi connectivity index (χ1v) is 9.10. The van der Waals surface area contributed by atoms with Crippen molar-refractivity contribution in [1.29, 1.82) is 0 Å². The predicted molar refractivity (Wildman–Crippen MR) is 101 cm³/mol. The van der Waals surface area contributed by atoms with Crippen LogP contribution in [0.4, 0.5) is 5.69 Å². The fraction of sp³-hybridized carbons (Fsp3) is 0.300. The van der Waals surface area contributed by atoms with Gasteiger partial charge < -0.3 is 10.0 Å². The molecule has 0 radical (unpaired) electrons. The van der Waals surface area contributed by atoms with Crippen molar-refractivity contribution in [3.8, 4) is 0 Å². The second-order valence-corrected chi connectivity index (χ2v) is 7.36. The maximum atomic E-state index is 12.9. The molecule has 1 atom stereocenters. The van der Waals surface area contributed by atoms with Crippen molar-refractivity contribution in [3.05, 3.63) is 63.6 Å². The second kappa shape index (κ2) is 6.73. The van der Waals surface area contributed by atoms with E-state index in [0.29, 0.717) is 23.4 Å². The number of benzene rings is 2. The number of amides is 1. The summed E-state index contributed by atoms with van der Waals surface area (Å²) in [6.07, 6.45) is 0.502. The third-order valence-electron chi connectivity index (χ3n) is 4.53. The Kier molecular flexibility index (Phi) is 4.80. The topological polar surface area (TPSA) is 57.6 Å². The molecular formula is C20H20BrNO3. The summed E-state index contributed by atoms with van der Waals surface area (Å²) >= 11 is 3.39. The van der Waals surface area contributed by atoms with E-state index in [4.69, 9.17) is 0 Å². The quantitative estimate of drug-likeness (QED) is 0.770. The molecule has 1 amide bonds. The summed E-state index contributed by atoms with van der Waals surface area (Å²) in [6.45, 7) is 4.42. The molecule has 0 spiro atoms. The average molecular weight is 402 g/mol. The maximum absolute atomic E-state index is 12.9. The number of fused-ring (bicyclic) bond motifs is 1. The molecule has 0 saturated heterocycles. The molecule has 0 aromatic heterocycles. The standard InChI is InChI=1S/C20H20BrNO3/c1-3-10-22-17-9-8-15(21)11-16(17)20(25,19(22)24)12-18(23)14-6-4-13(2)5-7-14/h4-9,11,25H,3,10,12H2,1-2H3. The van der Waals surface area contributed by atoms with Gasteiger partial charge in [0.25, 0.3) is 5.91 Å². The third kappa shape index (κ3) is 3.14. The van der Waals surface area contributed by atoms with E-state index in [0.717, 1.165) is 16.5 Å². The Morgan fingerprint density at radius 3 is 2.52 bits per heavy atom.